The summed E-state index contributed by atoms with van der Waals surface area (Å²) in [5.41, 5.74) is 2.14. The van der Waals surface area contributed by atoms with Gasteiger partial charge in [0.2, 0.25) is 0 Å². The monoisotopic (exact) mass is 308 g/mol. The summed E-state index contributed by atoms with van der Waals surface area (Å²) in [5, 5.41) is 7.02. The summed E-state index contributed by atoms with van der Waals surface area (Å²) < 4.78 is 5.32. The van der Waals surface area contributed by atoms with Gasteiger partial charge >= 0.3 is 0 Å². The summed E-state index contributed by atoms with van der Waals surface area (Å²) in [5.74, 6) is 0.604. The Morgan fingerprint density at radius 2 is 2.26 bits per heavy atom. The van der Waals surface area contributed by atoms with Crippen LogP contribution in [-0.4, -0.2) is 32.0 Å². The second kappa shape index (κ2) is 5.72. The molecule has 1 aliphatic rings. The number of hydrogen-bond donors (Lipinski definition) is 1. The quantitative estimate of drug-likeness (QED) is 0.786. The van der Waals surface area contributed by atoms with Crippen LogP contribution in [0.4, 0.5) is 0 Å². The highest BCUT2D eigenvalue weighted by Crippen LogP contribution is 2.30. The molecule has 3 aromatic heterocycles. The molecule has 1 aliphatic carbocycles. The average molecular weight is 308 g/mol. The molecule has 6 heteroatoms. The van der Waals surface area contributed by atoms with Crippen molar-refractivity contribution in [2.75, 3.05) is 0 Å². The van der Waals surface area contributed by atoms with Crippen molar-refractivity contribution in [3.8, 4) is 11.5 Å². The molecule has 3 heterocycles. The highest BCUT2D eigenvalue weighted by atomic mass is 16.3. The Balaban J connectivity index is 1.56. The van der Waals surface area contributed by atoms with Gasteiger partial charge in [-0.25, -0.2) is 0 Å². The third-order valence-electron chi connectivity index (χ3n) is 3.91. The van der Waals surface area contributed by atoms with E-state index in [1.807, 2.05) is 23.1 Å². The van der Waals surface area contributed by atoms with Crippen molar-refractivity contribution < 1.29 is 9.21 Å². The van der Waals surface area contributed by atoms with Crippen LogP contribution >= 0.6 is 0 Å². The normalized spacial score (nSPS) is 13.9. The largest absolute Gasteiger partial charge is 0.463 e. The molecule has 0 saturated heterocycles. The number of H-pyrrole nitrogens is 1. The lowest BCUT2D eigenvalue weighted by Gasteiger charge is -2.21. The Morgan fingerprint density at radius 3 is 2.96 bits per heavy atom. The Morgan fingerprint density at radius 1 is 1.35 bits per heavy atom. The summed E-state index contributed by atoms with van der Waals surface area (Å²) in [6, 6.07) is 9.53. The van der Waals surface area contributed by atoms with E-state index in [1.54, 1.807) is 30.8 Å². The SMILES string of the molecule is O=C(c1cc(-c2ccco2)[nH]n1)N(Cc1cccnc1)C1CC1. The number of carbonyl (C=O) groups is 1. The molecule has 0 spiro atoms. The predicted molar refractivity (Wildman–Crippen MR) is 83.4 cm³/mol. The van der Waals surface area contributed by atoms with Crippen LogP contribution < -0.4 is 0 Å². The smallest absolute Gasteiger partial charge is 0.274 e. The van der Waals surface area contributed by atoms with Crippen molar-refractivity contribution in [2.24, 2.45) is 0 Å². The standard InChI is InChI=1S/C17H16N4O2/c22-17(15-9-14(19-20-15)16-4-2-8-23-16)21(13-5-6-13)11-12-3-1-7-18-10-12/h1-4,7-10,13H,5-6,11H2,(H,19,20). The van der Waals surface area contributed by atoms with E-state index in [1.165, 1.54) is 0 Å². The van der Waals surface area contributed by atoms with E-state index in [0.29, 0.717) is 29.7 Å². The molecular weight excluding hydrogens is 292 g/mol. The number of rotatable bonds is 5. The summed E-state index contributed by atoms with van der Waals surface area (Å²) in [6.45, 7) is 0.556. The van der Waals surface area contributed by atoms with E-state index < -0.39 is 0 Å². The number of pyridine rings is 1. The van der Waals surface area contributed by atoms with E-state index in [-0.39, 0.29) is 5.91 Å². The first-order valence-corrected chi connectivity index (χ1v) is 7.60. The maximum atomic E-state index is 12.8. The maximum Gasteiger partial charge on any atom is 0.274 e. The summed E-state index contributed by atoms with van der Waals surface area (Å²) in [6.07, 6.45) is 7.21. The van der Waals surface area contributed by atoms with Gasteiger partial charge in [0.15, 0.2) is 11.5 Å². The van der Waals surface area contributed by atoms with Gasteiger partial charge in [0.25, 0.3) is 5.91 Å². The van der Waals surface area contributed by atoms with Gasteiger partial charge in [-0.3, -0.25) is 14.9 Å². The Labute approximate surface area is 133 Å². The van der Waals surface area contributed by atoms with Gasteiger partial charge < -0.3 is 9.32 Å². The van der Waals surface area contributed by atoms with Gasteiger partial charge in [-0.05, 0) is 36.6 Å². The van der Waals surface area contributed by atoms with Gasteiger partial charge in [-0.2, -0.15) is 5.10 Å². The van der Waals surface area contributed by atoms with Crippen molar-refractivity contribution in [2.45, 2.75) is 25.4 Å². The number of nitrogens with one attached hydrogen (secondary N) is 1. The molecule has 0 atom stereocenters. The topological polar surface area (TPSA) is 75.0 Å². The number of carbonyl (C=O) groups excluding carboxylic acids is 1. The first-order chi connectivity index (χ1) is 11.3. The number of hydrogen-bond acceptors (Lipinski definition) is 4. The van der Waals surface area contributed by atoms with Gasteiger partial charge in [0.05, 0.1) is 6.26 Å². The zero-order chi connectivity index (χ0) is 15.6. The lowest BCUT2D eigenvalue weighted by molar-refractivity contribution is 0.0723. The molecule has 0 aromatic carbocycles. The van der Waals surface area contributed by atoms with E-state index in [2.05, 4.69) is 15.2 Å². The van der Waals surface area contributed by atoms with Crippen LogP contribution in [0, 0.1) is 0 Å². The molecule has 116 valence electrons. The highest BCUT2D eigenvalue weighted by Gasteiger charge is 2.34. The van der Waals surface area contributed by atoms with E-state index in [4.69, 9.17) is 4.42 Å². The lowest BCUT2D eigenvalue weighted by atomic mass is 10.2. The fourth-order valence-corrected chi connectivity index (χ4v) is 2.58. The van der Waals surface area contributed by atoms with E-state index >= 15 is 0 Å². The molecule has 3 aromatic rings. The minimum atomic E-state index is -0.0644. The average Bonchev–Trinajstić information content (AvgIpc) is 3.08. The number of nitrogens with zero attached hydrogens (tertiary/aromatic N) is 3. The molecule has 1 amide bonds. The van der Waals surface area contributed by atoms with Gasteiger partial charge in [0, 0.05) is 31.0 Å². The third kappa shape index (κ3) is 2.88. The zero-order valence-corrected chi connectivity index (χ0v) is 12.5. The first kappa shape index (κ1) is 13.8. The minimum Gasteiger partial charge on any atom is -0.463 e. The third-order valence-corrected chi connectivity index (χ3v) is 3.91. The van der Waals surface area contributed by atoms with E-state index in [9.17, 15) is 4.79 Å². The highest BCUT2D eigenvalue weighted by molar-refractivity contribution is 5.93. The number of amides is 1. The second-order valence-electron chi connectivity index (χ2n) is 5.67. The van der Waals surface area contributed by atoms with Gasteiger partial charge in [-0.15, -0.1) is 0 Å². The molecule has 0 aliphatic heterocycles. The lowest BCUT2D eigenvalue weighted by Crippen LogP contribution is -2.32. The van der Waals surface area contributed by atoms with Crippen molar-refractivity contribution >= 4 is 5.91 Å². The van der Waals surface area contributed by atoms with Crippen LogP contribution in [0.3, 0.4) is 0 Å². The maximum absolute atomic E-state index is 12.8. The molecule has 1 saturated carbocycles. The summed E-state index contributed by atoms with van der Waals surface area (Å²) >= 11 is 0. The zero-order valence-electron chi connectivity index (χ0n) is 12.5. The second-order valence-corrected chi connectivity index (χ2v) is 5.67. The molecular formula is C17H16N4O2. The van der Waals surface area contributed by atoms with Gasteiger partial charge in [-0.1, -0.05) is 6.07 Å². The van der Waals surface area contributed by atoms with Crippen LogP contribution in [0.15, 0.2) is 53.4 Å². The molecule has 1 fully saturated rings. The fourth-order valence-electron chi connectivity index (χ4n) is 2.58. The van der Waals surface area contributed by atoms with Crippen molar-refractivity contribution in [1.82, 2.24) is 20.1 Å². The molecule has 1 N–H and O–H groups in total. The first-order valence-electron chi connectivity index (χ1n) is 7.60. The summed E-state index contributed by atoms with van der Waals surface area (Å²) in [7, 11) is 0. The number of aromatic amines is 1. The Kier molecular flexibility index (Phi) is 3.42. The molecule has 0 bridgehead atoms. The van der Waals surface area contributed by atoms with E-state index in [0.717, 1.165) is 18.4 Å². The fraction of sp³-hybridized carbons (Fsp3) is 0.235. The Bertz CT molecular complexity index is 791. The molecule has 0 unspecified atom stereocenters. The van der Waals surface area contributed by atoms with Crippen LogP contribution in [0.2, 0.25) is 0 Å². The number of furan rings is 1. The predicted octanol–water partition coefficient (Wildman–Crippen LogP) is 2.87. The van der Waals surface area contributed by atoms with Gasteiger partial charge in [0.1, 0.15) is 5.69 Å². The molecule has 6 nitrogen and oxygen atoms in total. The van der Waals surface area contributed by atoms with Crippen LogP contribution in [-0.2, 0) is 6.54 Å². The van der Waals surface area contributed by atoms with Crippen LogP contribution in [0.25, 0.3) is 11.5 Å². The minimum absolute atomic E-state index is 0.0644. The van der Waals surface area contributed by atoms with Crippen molar-refractivity contribution in [3.63, 3.8) is 0 Å². The molecule has 4 rings (SSSR count). The van der Waals surface area contributed by atoms with Crippen molar-refractivity contribution in [3.05, 3.63) is 60.2 Å². The Hall–Kier alpha value is -2.89. The van der Waals surface area contributed by atoms with Crippen LogP contribution in [0.5, 0.6) is 0 Å². The van der Waals surface area contributed by atoms with Crippen LogP contribution in [0.1, 0.15) is 28.9 Å². The molecule has 23 heavy (non-hydrogen) atoms. The van der Waals surface area contributed by atoms with Crippen molar-refractivity contribution in [1.29, 1.82) is 0 Å². The number of aromatic nitrogens is 3. The molecule has 0 radical (unpaired) electrons. The summed E-state index contributed by atoms with van der Waals surface area (Å²) in [4.78, 5) is 18.8.